The highest BCUT2D eigenvalue weighted by molar-refractivity contribution is 5.75. The van der Waals surface area contributed by atoms with Gasteiger partial charge in [-0.3, -0.25) is 0 Å². The van der Waals surface area contributed by atoms with E-state index in [1.165, 1.54) is 11.0 Å². The van der Waals surface area contributed by atoms with Gasteiger partial charge in [0.25, 0.3) is 0 Å². The van der Waals surface area contributed by atoms with E-state index in [9.17, 15) is 4.79 Å². The van der Waals surface area contributed by atoms with E-state index in [4.69, 9.17) is 4.74 Å². The van der Waals surface area contributed by atoms with E-state index in [0.29, 0.717) is 5.82 Å². The van der Waals surface area contributed by atoms with Crippen molar-refractivity contribution in [1.82, 2.24) is 19.7 Å². The first kappa shape index (κ1) is 14.0. The Balaban J connectivity index is 1.93. The van der Waals surface area contributed by atoms with Gasteiger partial charge in [0.05, 0.1) is 12.2 Å². The van der Waals surface area contributed by atoms with Crippen molar-refractivity contribution in [2.45, 2.75) is 52.2 Å². The number of hydrogen-bond donors (Lipinski definition) is 0. The molecule has 1 unspecified atom stereocenters. The zero-order chi connectivity index (χ0) is 13.8. The predicted octanol–water partition coefficient (Wildman–Crippen LogP) is 1.83. The van der Waals surface area contributed by atoms with Crippen molar-refractivity contribution in [3.8, 4) is 0 Å². The molecule has 6 nitrogen and oxygen atoms in total. The molecule has 1 fully saturated rings. The number of amides is 1. The number of aryl methyl sites for hydroxylation is 1. The quantitative estimate of drug-likeness (QED) is 0.819. The number of aromatic nitrogens is 3. The molecule has 0 N–H and O–H groups in total. The molecule has 0 aliphatic carbocycles. The fraction of sp³-hybridized carbons (Fsp3) is 0.769. The van der Waals surface area contributed by atoms with Crippen molar-refractivity contribution in [3.05, 3.63) is 12.2 Å². The molecule has 0 bridgehead atoms. The fourth-order valence-electron chi connectivity index (χ4n) is 2.36. The third kappa shape index (κ3) is 3.76. The molecule has 0 aromatic carbocycles. The van der Waals surface area contributed by atoms with Crippen LogP contribution in [0.25, 0.3) is 0 Å². The van der Waals surface area contributed by atoms with E-state index in [1.54, 1.807) is 6.92 Å². The van der Waals surface area contributed by atoms with Crippen LogP contribution in [-0.2, 0) is 4.74 Å². The van der Waals surface area contributed by atoms with Crippen molar-refractivity contribution in [2.75, 3.05) is 13.1 Å². The van der Waals surface area contributed by atoms with Crippen molar-refractivity contribution in [1.29, 1.82) is 0 Å². The standard InChI is InChI=1S/C13H22N4O2/c1-10(2)19-12-5-4-7-16(8-6-12)13(18)17-9-14-11(3)15-17/h9-10,12H,4-8H2,1-3H3. The minimum atomic E-state index is -0.0919. The molecular formula is C13H22N4O2. The molecule has 1 aromatic rings. The number of carbonyl (C=O) groups is 1. The lowest BCUT2D eigenvalue weighted by molar-refractivity contribution is 0.000867. The van der Waals surface area contributed by atoms with Crippen LogP contribution >= 0.6 is 0 Å². The van der Waals surface area contributed by atoms with Crippen LogP contribution in [0.5, 0.6) is 0 Å². The summed E-state index contributed by atoms with van der Waals surface area (Å²) in [7, 11) is 0. The Morgan fingerprint density at radius 2 is 2.21 bits per heavy atom. The van der Waals surface area contributed by atoms with Gasteiger partial charge in [0.2, 0.25) is 0 Å². The molecule has 1 aromatic heterocycles. The van der Waals surface area contributed by atoms with Crippen LogP contribution in [0, 0.1) is 6.92 Å². The summed E-state index contributed by atoms with van der Waals surface area (Å²) in [5, 5.41) is 4.07. The van der Waals surface area contributed by atoms with Crippen LogP contribution in [0.1, 0.15) is 38.9 Å². The smallest absolute Gasteiger partial charge is 0.346 e. The van der Waals surface area contributed by atoms with Gasteiger partial charge in [-0.05, 0) is 40.0 Å². The van der Waals surface area contributed by atoms with Gasteiger partial charge in [-0.2, -0.15) is 4.68 Å². The summed E-state index contributed by atoms with van der Waals surface area (Å²) in [5.41, 5.74) is 0. The predicted molar refractivity (Wildman–Crippen MR) is 71.0 cm³/mol. The SMILES string of the molecule is Cc1ncn(C(=O)N2CCCC(OC(C)C)CC2)n1. The maximum atomic E-state index is 12.2. The Bertz CT molecular complexity index is 430. The van der Waals surface area contributed by atoms with Crippen LogP contribution in [0.3, 0.4) is 0 Å². The van der Waals surface area contributed by atoms with Crippen molar-refractivity contribution < 1.29 is 9.53 Å². The molecule has 1 amide bonds. The molecule has 106 valence electrons. The number of rotatable bonds is 2. The van der Waals surface area contributed by atoms with Gasteiger partial charge < -0.3 is 9.64 Å². The highest BCUT2D eigenvalue weighted by Crippen LogP contribution is 2.16. The molecule has 1 saturated heterocycles. The van der Waals surface area contributed by atoms with Gasteiger partial charge in [0.15, 0.2) is 0 Å². The highest BCUT2D eigenvalue weighted by Gasteiger charge is 2.23. The molecule has 0 saturated carbocycles. The zero-order valence-corrected chi connectivity index (χ0v) is 11.9. The minimum Gasteiger partial charge on any atom is -0.375 e. The Morgan fingerprint density at radius 3 is 2.84 bits per heavy atom. The minimum absolute atomic E-state index is 0.0919. The third-order valence-corrected chi connectivity index (χ3v) is 3.21. The monoisotopic (exact) mass is 266 g/mol. The van der Waals surface area contributed by atoms with E-state index in [1.807, 2.05) is 18.7 Å². The lowest BCUT2D eigenvalue weighted by Crippen LogP contribution is -2.36. The van der Waals surface area contributed by atoms with Gasteiger partial charge in [-0.25, -0.2) is 9.78 Å². The molecule has 6 heteroatoms. The lowest BCUT2D eigenvalue weighted by atomic mass is 10.1. The molecule has 2 heterocycles. The van der Waals surface area contributed by atoms with Gasteiger partial charge in [0, 0.05) is 13.1 Å². The summed E-state index contributed by atoms with van der Waals surface area (Å²) >= 11 is 0. The Hall–Kier alpha value is -1.43. The maximum absolute atomic E-state index is 12.2. The van der Waals surface area contributed by atoms with E-state index in [0.717, 1.165) is 32.4 Å². The van der Waals surface area contributed by atoms with Gasteiger partial charge in [-0.1, -0.05) is 0 Å². The van der Waals surface area contributed by atoms with Crippen molar-refractivity contribution >= 4 is 6.03 Å². The van der Waals surface area contributed by atoms with Crippen molar-refractivity contribution in [2.24, 2.45) is 0 Å². The average Bonchev–Trinajstić information content (AvgIpc) is 2.65. The van der Waals surface area contributed by atoms with Crippen LogP contribution in [0.4, 0.5) is 4.79 Å². The molecule has 1 aliphatic heterocycles. The van der Waals surface area contributed by atoms with E-state index >= 15 is 0 Å². The first-order chi connectivity index (χ1) is 9.06. The summed E-state index contributed by atoms with van der Waals surface area (Å²) in [6, 6.07) is -0.0919. The van der Waals surface area contributed by atoms with Gasteiger partial charge >= 0.3 is 6.03 Å². The molecule has 1 atom stereocenters. The molecule has 0 radical (unpaired) electrons. The summed E-state index contributed by atoms with van der Waals surface area (Å²) < 4.78 is 7.15. The number of nitrogens with zero attached hydrogens (tertiary/aromatic N) is 4. The van der Waals surface area contributed by atoms with E-state index in [2.05, 4.69) is 10.1 Å². The van der Waals surface area contributed by atoms with Crippen LogP contribution in [0.2, 0.25) is 0 Å². The summed E-state index contributed by atoms with van der Waals surface area (Å²) in [5.74, 6) is 0.615. The van der Waals surface area contributed by atoms with Crippen LogP contribution in [-0.4, -0.2) is 51.0 Å². The number of likely N-dealkylation sites (tertiary alicyclic amines) is 1. The molecule has 1 aliphatic rings. The first-order valence-corrected chi connectivity index (χ1v) is 6.89. The molecule has 0 spiro atoms. The number of carbonyl (C=O) groups excluding carboxylic acids is 1. The number of ether oxygens (including phenoxy) is 1. The van der Waals surface area contributed by atoms with Crippen LogP contribution < -0.4 is 0 Å². The van der Waals surface area contributed by atoms with Gasteiger partial charge in [-0.15, -0.1) is 5.10 Å². The topological polar surface area (TPSA) is 60.2 Å². The second-order valence-corrected chi connectivity index (χ2v) is 5.24. The van der Waals surface area contributed by atoms with E-state index < -0.39 is 0 Å². The lowest BCUT2D eigenvalue weighted by Gasteiger charge is -2.20. The summed E-state index contributed by atoms with van der Waals surface area (Å²) in [4.78, 5) is 18.1. The summed E-state index contributed by atoms with van der Waals surface area (Å²) in [6.45, 7) is 7.35. The first-order valence-electron chi connectivity index (χ1n) is 6.89. The van der Waals surface area contributed by atoms with Gasteiger partial charge in [0.1, 0.15) is 12.2 Å². The van der Waals surface area contributed by atoms with Crippen LogP contribution in [0.15, 0.2) is 6.33 Å². The third-order valence-electron chi connectivity index (χ3n) is 3.21. The second kappa shape index (κ2) is 6.14. The molecular weight excluding hydrogens is 244 g/mol. The average molecular weight is 266 g/mol. The zero-order valence-electron chi connectivity index (χ0n) is 11.9. The maximum Gasteiger partial charge on any atom is 0.346 e. The Morgan fingerprint density at radius 1 is 1.42 bits per heavy atom. The van der Waals surface area contributed by atoms with Crippen molar-refractivity contribution in [3.63, 3.8) is 0 Å². The summed E-state index contributed by atoms with van der Waals surface area (Å²) in [6.07, 6.45) is 4.85. The number of hydrogen-bond acceptors (Lipinski definition) is 4. The highest BCUT2D eigenvalue weighted by atomic mass is 16.5. The molecule has 2 rings (SSSR count). The molecule has 19 heavy (non-hydrogen) atoms. The Labute approximate surface area is 113 Å². The second-order valence-electron chi connectivity index (χ2n) is 5.24. The fourth-order valence-corrected chi connectivity index (χ4v) is 2.36. The normalized spacial score (nSPS) is 20.6. The van der Waals surface area contributed by atoms with E-state index in [-0.39, 0.29) is 18.2 Å². The Kier molecular flexibility index (Phi) is 4.52. The largest absolute Gasteiger partial charge is 0.375 e.